The van der Waals surface area contributed by atoms with Crippen LogP contribution in [0.15, 0.2) is 87.1 Å². The molecule has 1 fully saturated rings. The molecule has 3 aromatic carbocycles. The maximum Gasteiger partial charge on any atom is 0.418 e. The average molecular weight is 747 g/mol. The number of hydrogen-bond donors (Lipinski definition) is 1. The maximum absolute atomic E-state index is 14.1. The highest BCUT2D eigenvalue weighted by molar-refractivity contribution is 9.10. The number of thioether (sulfide) groups is 1. The van der Waals surface area contributed by atoms with Crippen molar-refractivity contribution in [1.29, 1.82) is 0 Å². The van der Waals surface area contributed by atoms with E-state index in [2.05, 4.69) is 21.2 Å². The molecule has 242 valence electrons. The molecule has 2 aliphatic heterocycles. The van der Waals surface area contributed by atoms with Gasteiger partial charge in [-0.1, -0.05) is 63.3 Å². The van der Waals surface area contributed by atoms with Gasteiger partial charge < -0.3 is 10.1 Å². The van der Waals surface area contributed by atoms with Gasteiger partial charge in [-0.3, -0.25) is 23.7 Å². The van der Waals surface area contributed by atoms with E-state index in [1.807, 2.05) is 0 Å². The van der Waals surface area contributed by atoms with E-state index in [4.69, 9.17) is 4.74 Å². The highest BCUT2D eigenvalue weighted by Gasteiger charge is 2.56. The minimum absolute atomic E-state index is 0.180. The Morgan fingerprint density at radius 1 is 0.957 bits per heavy atom. The topological polar surface area (TPSA) is 115 Å². The Kier molecular flexibility index (Phi) is 8.89. The van der Waals surface area contributed by atoms with Crippen LogP contribution in [0.1, 0.15) is 39.2 Å². The molecular weight excluding hydrogens is 723 g/mol. The lowest BCUT2D eigenvalue weighted by atomic mass is 9.83. The highest BCUT2D eigenvalue weighted by Crippen LogP contribution is 2.54. The van der Waals surface area contributed by atoms with Gasteiger partial charge in [0.25, 0.3) is 0 Å². The zero-order chi connectivity index (χ0) is 33.6. The van der Waals surface area contributed by atoms with Gasteiger partial charge in [0.05, 0.1) is 40.1 Å². The zero-order valence-electron chi connectivity index (χ0n) is 24.2. The summed E-state index contributed by atoms with van der Waals surface area (Å²) in [6.45, 7) is 1.24. The van der Waals surface area contributed by atoms with Crippen molar-refractivity contribution >= 4 is 74.1 Å². The molecule has 2 aliphatic rings. The van der Waals surface area contributed by atoms with Crippen molar-refractivity contribution in [3.05, 3.63) is 109 Å². The minimum atomic E-state index is -4.72. The number of esters is 1. The summed E-state index contributed by atoms with van der Waals surface area (Å²) in [6, 6.07) is 17.5. The lowest BCUT2D eigenvalue weighted by molar-refractivity contribution is -0.137. The maximum atomic E-state index is 14.1. The zero-order valence-corrected chi connectivity index (χ0v) is 27.5. The van der Waals surface area contributed by atoms with Crippen LogP contribution in [0.5, 0.6) is 0 Å². The number of alkyl halides is 3. The normalized spacial score (nSPS) is 18.9. The largest absolute Gasteiger partial charge is 0.462 e. The van der Waals surface area contributed by atoms with E-state index in [0.717, 1.165) is 49.2 Å². The van der Waals surface area contributed by atoms with Crippen molar-refractivity contribution in [3.8, 4) is 0 Å². The smallest absolute Gasteiger partial charge is 0.418 e. The van der Waals surface area contributed by atoms with Gasteiger partial charge in [0.2, 0.25) is 17.7 Å². The SMILES string of the molecule is CCOC(=O)c1ccc(N2C(=O)C3Sc4c(sc(=O)n4CC(=O)Nc4ccccc4C(F)(F)F)C(c4ccc(Br)cc4)C3C2=O)cc1. The van der Waals surface area contributed by atoms with Crippen LogP contribution in [0, 0.1) is 5.92 Å². The number of carbonyl (C=O) groups excluding carboxylic acids is 4. The van der Waals surface area contributed by atoms with Crippen molar-refractivity contribution in [2.45, 2.75) is 35.8 Å². The summed E-state index contributed by atoms with van der Waals surface area (Å²) in [5.74, 6) is -4.11. The third-order valence-electron chi connectivity index (χ3n) is 7.72. The Morgan fingerprint density at radius 3 is 2.30 bits per heavy atom. The van der Waals surface area contributed by atoms with E-state index in [1.165, 1.54) is 36.4 Å². The number of imide groups is 1. The third-order valence-corrected chi connectivity index (χ3v) is 10.9. The summed E-state index contributed by atoms with van der Waals surface area (Å²) in [5, 5.41) is 1.56. The van der Waals surface area contributed by atoms with Gasteiger partial charge in [0.1, 0.15) is 11.8 Å². The number of anilines is 2. The van der Waals surface area contributed by atoms with E-state index < -0.39 is 69.6 Å². The molecule has 0 radical (unpaired) electrons. The molecule has 47 heavy (non-hydrogen) atoms. The number of benzene rings is 3. The van der Waals surface area contributed by atoms with Crippen molar-refractivity contribution in [1.82, 2.24) is 4.57 Å². The molecule has 6 rings (SSSR count). The fourth-order valence-electron chi connectivity index (χ4n) is 5.67. The third kappa shape index (κ3) is 6.14. The van der Waals surface area contributed by atoms with Crippen LogP contribution in [0.2, 0.25) is 0 Å². The second-order valence-corrected chi connectivity index (χ2v) is 13.6. The van der Waals surface area contributed by atoms with Crippen LogP contribution < -0.4 is 15.1 Å². The number of nitrogens with one attached hydrogen (secondary N) is 1. The van der Waals surface area contributed by atoms with Gasteiger partial charge in [0, 0.05) is 15.3 Å². The average Bonchev–Trinajstić information content (AvgIpc) is 3.47. The number of ether oxygens (including phenoxy) is 1. The number of nitrogens with zero attached hydrogens (tertiary/aromatic N) is 2. The summed E-state index contributed by atoms with van der Waals surface area (Å²) in [6.07, 6.45) is -4.72. The molecule has 3 unspecified atom stereocenters. The van der Waals surface area contributed by atoms with E-state index >= 15 is 0 Å². The first kappa shape index (κ1) is 32.7. The summed E-state index contributed by atoms with van der Waals surface area (Å²) in [5.41, 5.74) is -0.338. The number of halogens is 4. The van der Waals surface area contributed by atoms with Crippen molar-refractivity contribution < 1.29 is 37.1 Å². The van der Waals surface area contributed by atoms with E-state index in [0.29, 0.717) is 10.4 Å². The number of amides is 3. The van der Waals surface area contributed by atoms with Gasteiger partial charge in [0.15, 0.2) is 0 Å². The number of para-hydroxylation sites is 1. The molecule has 1 N–H and O–H groups in total. The number of thiazole rings is 1. The molecule has 1 saturated heterocycles. The molecule has 3 heterocycles. The summed E-state index contributed by atoms with van der Waals surface area (Å²) >= 11 is 5.19. The number of fused-ring (bicyclic) bond motifs is 2. The van der Waals surface area contributed by atoms with Gasteiger partial charge in [-0.15, -0.1) is 0 Å². The lowest BCUT2D eigenvalue weighted by Crippen LogP contribution is -2.33. The molecule has 0 aliphatic carbocycles. The van der Waals surface area contributed by atoms with E-state index in [-0.39, 0.29) is 22.9 Å². The molecule has 9 nitrogen and oxygen atoms in total. The van der Waals surface area contributed by atoms with Gasteiger partial charge in [-0.25, -0.2) is 9.69 Å². The predicted molar refractivity (Wildman–Crippen MR) is 173 cm³/mol. The number of aromatic nitrogens is 1. The van der Waals surface area contributed by atoms with Gasteiger partial charge >= 0.3 is 17.0 Å². The first-order valence-corrected chi connectivity index (χ1v) is 16.6. The number of rotatable bonds is 7. The lowest BCUT2D eigenvalue weighted by Gasteiger charge is -2.30. The van der Waals surface area contributed by atoms with Gasteiger partial charge in [-0.2, -0.15) is 13.2 Å². The Balaban J connectivity index is 1.36. The summed E-state index contributed by atoms with van der Waals surface area (Å²) in [4.78, 5) is 67.5. The second-order valence-electron chi connectivity index (χ2n) is 10.6. The van der Waals surface area contributed by atoms with Gasteiger partial charge in [-0.05, 0) is 61.0 Å². The quantitative estimate of drug-likeness (QED) is 0.174. The van der Waals surface area contributed by atoms with Crippen LogP contribution in [-0.4, -0.2) is 40.1 Å². The van der Waals surface area contributed by atoms with Crippen LogP contribution in [-0.2, 0) is 31.8 Å². The number of carbonyl (C=O) groups is 4. The monoisotopic (exact) mass is 745 g/mol. The molecule has 4 aromatic rings. The minimum Gasteiger partial charge on any atom is -0.462 e. The van der Waals surface area contributed by atoms with Crippen molar-refractivity contribution in [2.75, 3.05) is 16.8 Å². The standard InChI is InChI=1S/C32H23BrF3N3O6S2/c1-2-45-30(43)17-9-13-19(14-10-17)39-27(41)24-23(16-7-11-18(33)12-8-16)26-29(46-25(24)28(39)42)38(31(44)47-26)15-22(40)37-21-6-4-3-5-20(21)32(34,35)36/h3-14,23-25H,2,15H2,1H3,(H,37,40). The van der Waals surface area contributed by atoms with E-state index in [1.54, 1.807) is 31.2 Å². The molecule has 1 aromatic heterocycles. The highest BCUT2D eigenvalue weighted by atomic mass is 79.9. The first-order valence-electron chi connectivity index (χ1n) is 14.2. The predicted octanol–water partition coefficient (Wildman–Crippen LogP) is 6.30. The molecule has 3 amide bonds. The Labute approximate surface area is 281 Å². The molecule has 0 bridgehead atoms. The van der Waals surface area contributed by atoms with Crippen molar-refractivity contribution in [2.24, 2.45) is 5.92 Å². The van der Waals surface area contributed by atoms with Crippen LogP contribution >= 0.6 is 39.0 Å². The molecular formula is C32H23BrF3N3O6S2. The Bertz CT molecular complexity index is 1960. The summed E-state index contributed by atoms with van der Waals surface area (Å²) in [7, 11) is 0. The Hall–Kier alpha value is -4.21. The Morgan fingerprint density at radius 2 is 1.64 bits per heavy atom. The molecule has 0 saturated carbocycles. The fourth-order valence-corrected chi connectivity index (χ4v) is 8.71. The molecule has 0 spiro atoms. The fraction of sp³-hybridized carbons (Fsp3) is 0.219. The second kappa shape index (κ2) is 12.8. The van der Waals surface area contributed by atoms with Crippen LogP contribution in [0.25, 0.3) is 0 Å². The first-order chi connectivity index (χ1) is 22.4. The molecule has 3 atom stereocenters. The number of hydrogen-bond acceptors (Lipinski definition) is 8. The van der Waals surface area contributed by atoms with E-state index in [9.17, 15) is 37.1 Å². The molecule has 15 heteroatoms. The van der Waals surface area contributed by atoms with Crippen molar-refractivity contribution in [3.63, 3.8) is 0 Å². The van der Waals surface area contributed by atoms with Crippen LogP contribution in [0.3, 0.4) is 0 Å². The summed E-state index contributed by atoms with van der Waals surface area (Å²) < 4.78 is 47.5. The van der Waals surface area contributed by atoms with Crippen LogP contribution in [0.4, 0.5) is 24.5 Å².